The Bertz CT molecular complexity index is 1310. The van der Waals surface area contributed by atoms with Gasteiger partial charge in [0, 0.05) is 49.1 Å². The van der Waals surface area contributed by atoms with E-state index in [1.54, 1.807) is 0 Å². The van der Waals surface area contributed by atoms with Crippen LogP contribution in [0, 0.1) is 5.82 Å². The van der Waals surface area contributed by atoms with Crippen molar-refractivity contribution in [3.63, 3.8) is 0 Å². The van der Waals surface area contributed by atoms with Crippen molar-refractivity contribution in [2.75, 3.05) is 25.9 Å². The predicted molar refractivity (Wildman–Crippen MR) is 139 cm³/mol. The molecular formula is C22H25BrClFN4O5S. The van der Waals surface area contributed by atoms with E-state index in [0.29, 0.717) is 10.9 Å². The Morgan fingerprint density at radius 3 is 2.60 bits per heavy atom. The van der Waals surface area contributed by atoms with Crippen molar-refractivity contribution in [1.82, 2.24) is 14.6 Å². The molecular weight excluding hydrogens is 567 g/mol. The van der Waals surface area contributed by atoms with Gasteiger partial charge in [-0.3, -0.25) is 4.72 Å². The molecule has 35 heavy (non-hydrogen) atoms. The summed E-state index contributed by atoms with van der Waals surface area (Å²) in [6.07, 6.45) is 0.586. The molecule has 0 aliphatic rings. The van der Waals surface area contributed by atoms with Crippen molar-refractivity contribution in [3.05, 3.63) is 62.3 Å². The number of fused-ring (bicyclic) bond motifs is 1. The molecule has 0 radical (unpaired) electrons. The topological polar surface area (TPSA) is 114 Å². The molecule has 3 rings (SSSR count). The van der Waals surface area contributed by atoms with Crippen LogP contribution in [0.2, 0.25) is 5.02 Å². The lowest BCUT2D eigenvalue weighted by Crippen LogP contribution is -2.25. The van der Waals surface area contributed by atoms with Crippen molar-refractivity contribution >= 4 is 61.6 Å². The van der Waals surface area contributed by atoms with E-state index in [2.05, 4.69) is 30.4 Å². The van der Waals surface area contributed by atoms with Crippen LogP contribution in [0.4, 0.5) is 15.0 Å². The van der Waals surface area contributed by atoms with Crippen LogP contribution in [0.1, 0.15) is 30.5 Å². The fourth-order valence-electron chi connectivity index (χ4n) is 2.92. The van der Waals surface area contributed by atoms with Gasteiger partial charge in [-0.25, -0.2) is 27.9 Å². The van der Waals surface area contributed by atoms with E-state index in [-0.39, 0.29) is 45.1 Å². The highest BCUT2D eigenvalue weighted by Gasteiger charge is 2.20. The first-order valence-electron chi connectivity index (χ1n) is 10.4. The maximum absolute atomic E-state index is 14.9. The Balaban J connectivity index is 0.00000210. The Hall–Kier alpha value is -2.54. The van der Waals surface area contributed by atoms with Gasteiger partial charge in [0.25, 0.3) is 0 Å². The molecule has 2 aromatic heterocycles. The minimum atomic E-state index is -1.73. The number of carbonyl (C=O) groups is 1. The average Bonchev–Trinajstić information content (AvgIpc) is 2.84. The first-order chi connectivity index (χ1) is 16.7. The highest BCUT2D eigenvalue weighted by Crippen LogP contribution is 2.34. The average molecular weight is 592 g/mol. The maximum atomic E-state index is 14.9. The van der Waals surface area contributed by atoms with Crippen molar-refractivity contribution in [1.29, 1.82) is 0 Å². The molecule has 0 aliphatic carbocycles. The number of amides is 1. The van der Waals surface area contributed by atoms with Gasteiger partial charge in [-0.05, 0) is 30.3 Å². The third-order valence-electron chi connectivity index (χ3n) is 4.58. The van der Waals surface area contributed by atoms with E-state index in [1.807, 2.05) is 13.8 Å². The molecule has 0 spiro atoms. The van der Waals surface area contributed by atoms with Gasteiger partial charge >= 0.3 is 11.7 Å². The number of nitrogens with one attached hydrogen (secondary N) is 2. The first-order valence-corrected chi connectivity index (χ1v) is 13.0. The van der Waals surface area contributed by atoms with Crippen molar-refractivity contribution in [2.45, 2.75) is 25.6 Å². The van der Waals surface area contributed by atoms with Gasteiger partial charge < -0.3 is 14.1 Å². The number of carbonyl (C=O) groups excluding carboxylic acids is 1. The monoisotopic (exact) mass is 590 g/mol. The predicted octanol–water partition coefficient (Wildman–Crippen LogP) is 4.76. The number of hydrogen-bond donors (Lipinski definition) is 2. The second kappa shape index (κ2) is 13.0. The summed E-state index contributed by atoms with van der Waals surface area (Å²) in [5.41, 5.74) is 0.370. The zero-order valence-electron chi connectivity index (χ0n) is 19.7. The lowest BCUT2D eigenvalue weighted by Gasteiger charge is -2.14. The summed E-state index contributed by atoms with van der Waals surface area (Å²) in [6, 6.07) is 4.30. The minimum Gasteiger partial charge on any atom is -0.422 e. The molecule has 190 valence electrons. The lowest BCUT2D eigenvalue weighted by atomic mass is 9.99. The van der Waals surface area contributed by atoms with Crippen LogP contribution >= 0.6 is 27.5 Å². The maximum Gasteiger partial charge on any atom is 0.414 e. The fraction of sp³-hybridized carbons (Fsp3) is 0.318. The van der Waals surface area contributed by atoms with Gasteiger partial charge in [-0.15, -0.1) is 0 Å². The van der Waals surface area contributed by atoms with E-state index >= 15 is 0 Å². The van der Waals surface area contributed by atoms with Gasteiger partial charge in [0.05, 0.1) is 5.02 Å². The van der Waals surface area contributed by atoms with Crippen molar-refractivity contribution in [3.8, 4) is 5.75 Å². The van der Waals surface area contributed by atoms with Crippen LogP contribution in [-0.4, -0.2) is 41.3 Å². The number of anilines is 1. The lowest BCUT2D eigenvalue weighted by molar-refractivity contribution is 0.172. The molecule has 1 unspecified atom stereocenters. The molecule has 1 atom stereocenters. The molecule has 0 bridgehead atoms. The molecule has 13 heteroatoms. The standard InChI is InChI=1S/C20H19BrClFN4O5S.C2H6/c1-24-33(30)26-18-17(23)10(4-5-25-18)6-12-13(9-21)11-7-14(22)16(32-20(29)27(2)3)8-15(11)31-19(12)28;1-2/h4-5,7-8,24H,6,9H2,1-3H3,(H,25,26);1-2H3. The Morgan fingerprint density at radius 2 is 2.00 bits per heavy atom. The third kappa shape index (κ3) is 6.78. The second-order valence-electron chi connectivity index (χ2n) is 6.91. The number of hydrogen-bond acceptors (Lipinski definition) is 6. The van der Waals surface area contributed by atoms with Crippen LogP contribution in [0.5, 0.6) is 5.75 Å². The molecule has 9 nitrogen and oxygen atoms in total. The summed E-state index contributed by atoms with van der Waals surface area (Å²) in [5.74, 6) is -0.932. The van der Waals surface area contributed by atoms with Crippen LogP contribution in [0.15, 0.2) is 33.6 Å². The van der Waals surface area contributed by atoms with Gasteiger partial charge in [0.15, 0.2) is 28.6 Å². The van der Waals surface area contributed by atoms with Crippen molar-refractivity contribution < 1.29 is 22.5 Å². The molecule has 0 fully saturated rings. The molecule has 0 saturated heterocycles. The summed E-state index contributed by atoms with van der Waals surface area (Å²) in [6.45, 7) is 4.00. The molecule has 2 N–H and O–H groups in total. The second-order valence-corrected chi connectivity index (χ2v) is 9.02. The smallest absolute Gasteiger partial charge is 0.414 e. The van der Waals surface area contributed by atoms with E-state index in [4.69, 9.17) is 20.8 Å². The summed E-state index contributed by atoms with van der Waals surface area (Å²) < 4.78 is 42.0. The fourth-order valence-corrected chi connectivity index (χ4v) is 4.18. The van der Waals surface area contributed by atoms with E-state index in [1.165, 1.54) is 50.4 Å². The Kier molecular flexibility index (Phi) is 10.6. The number of aromatic nitrogens is 1. The van der Waals surface area contributed by atoms with Crippen LogP contribution in [0.25, 0.3) is 11.0 Å². The third-order valence-corrected chi connectivity index (χ3v) is 6.19. The van der Waals surface area contributed by atoms with Gasteiger partial charge in [0.2, 0.25) is 0 Å². The number of nitrogens with zero attached hydrogens (tertiary/aromatic N) is 2. The number of rotatable bonds is 7. The van der Waals surface area contributed by atoms with Gasteiger partial charge in [0.1, 0.15) is 5.58 Å². The quantitative estimate of drug-likeness (QED) is 0.303. The minimum absolute atomic E-state index is 0.0349. The number of pyridine rings is 1. The van der Waals surface area contributed by atoms with E-state index in [9.17, 15) is 18.2 Å². The number of alkyl halides is 1. The van der Waals surface area contributed by atoms with Crippen LogP contribution < -0.4 is 19.8 Å². The first kappa shape index (κ1) is 28.7. The normalized spacial score (nSPS) is 11.4. The van der Waals surface area contributed by atoms with E-state index in [0.717, 1.165) is 0 Å². The summed E-state index contributed by atoms with van der Waals surface area (Å²) in [4.78, 5) is 29.8. The zero-order valence-corrected chi connectivity index (χ0v) is 22.9. The molecule has 0 aliphatic heterocycles. The Labute approximate surface area is 217 Å². The number of halogens is 3. The van der Waals surface area contributed by atoms with Crippen molar-refractivity contribution in [2.24, 2.45) is 0 Å². The highest BCUT2D eigenvalue weighted by molar-refractivity contribution is 9.08. The van der Waals surface area contributed by atoms with E-state index < -0.39 is 28.7 Å². The van der Waals surface area contributed by atoms with Crippen LogP contribution in [-0.2, 0) is 22.9 Å². The number of ether oxygens (including phenoxy) is 1. The SMILES string of the molecule is CC.CNS(=O)Nc1nccc(Cc2c(CBr)c3cc(Cl)c(OC(=O)N(C)C)cc3oc2=O)c1F. The molecule has 2 heterocycles. The molecule has 3 aromatic rings. The van der Waals surface area contributed by atoms with Crippen LogP contribution in [0.3, 0.4) is 0 Å². The zero-order chi connectivity index (χ0) is 26.3. The summed E-state index contributed by atoms with van der Waals surface area (Å²) >= 11 is 7.94. The summed E-state index contributed by atoms with van der Waals surface area (Å²) in [7, 11) is 4.47. The molecule has 1 amide bonds. The largest absolute Gasteiger partial charge is 0.422 e. The number of benzene rings is 1. The van der Waals surface area contributed by atoms with Gasteiger partial charge in [-0.1, -0.05) is 41.4 Å². The van der Waals surface area contributed by atoms with Gasteiger partial charge in [-0.2, -0.15) is 0 Å². The summed E-state index contributed by atoms with van der Waals surface area (Å²) in [5, 5.41) is 0.884. The highest BCUT2D eigenvalue weighted by atomic mass is 79.9. The molecule has 0 saturated carbocycles. The Morgan fingerprint density at radius 1 is 1.31 bits per heavy atom. The molecule has 1 aromatic carbocycles.